The number of rotatable bonds is 17. The number of imidazole rings is 1. The number of ether oxygens (including phenoxy) is 5. The van der Waals surface area contributed by atoms with Gasteiger partial charge in [0, 0.05) is 46.5 Å². The Morgan fingerprint density at radius 1 is 0.922 bits per heavy atom. The SMILES string of the molecule is CCOCCn1c(NC2CCN(CCC3(Cc4ccc(OC)cc4)CC(C(OC)(OC)c4ccccc4OC)NC3=O)CC2)nc2ccccc21. The fourth-order valence-corrected chi connectivity index (χ4v) is 7.94. The molecule has 0 saturated carbocycles. The molecule has 6 rings (SSSR count). The third kappa shape index (κ3) is 7.72. The van der Waals surface area contributed by atoms with Gasteiger partial charge in [-0.05, 0) is 87.5 Å². The van der Waals surface area contributed by atoms with Gasteiger partial charge in [-0.3, -0.25) is 4.79 Å². The Balaban J connectivity index is 1.17. The van der Waals surface area contributed by atoms with Gasteiger partial charge in [-0.2, -0.15) is 0 Å². The molecule has 0 bridgehead atoms. The Labute approximate surface area is 301 Å². The number of benzene rings is 3. The average molecular weight is 700 g/mol. The Morgan fingerprint density at radius 3 is 2.35 bits per heavy atom. The van der Waals surface area contributed by atoms with Crippen LogP contribution in [-0.2, 0) is 37.8 Å². The quantitative estimate of drug-likeness (QED) is 0.107. The first kappa shape index (κ1) is 36.6. The van der Waals surface area contributed by atoms with Crippen molar-refractivity contribution in [1.82, 2.24) is 19.8 Å². The number of likely N-dealkylation sites (tertiary alicyclic amines) is 1. The molecule has 2 aliphatic heterocycles. The lowest BCUT2D eigenvalue weighted by atomic mass is 9.74. The van der Waals surface area contributed by atoms with Gasteiger partial charge in [0.1, 0.15) is 11.5 Å². The smallest absolute Gasteiger partial charge is 0.227 e. The summed E-state index contributed by atoms with van der Waals surface area (Å²) in [5.74, 6) is 1.12. The van der Waals surface area contributed by atoms with Gasteiger partial charge in [-0.15, -0.1) is 0 Å². The van der Waals surface area contributed by atoms with Crippen LogP contribution in [0.5, 0.6) is 11.5 Å². The summed E-state index contributed by atoms with van der Waals surface area (Å²) in [5, 5.41) is 7.08. The lowest BCUT2D eigenvalue weighted by Gasteiger charge is -2.38. The lowest BCUT2D eigenvalue weighted by molar-refractivity contribution is -0.234. The molecule has 2 saturated heterocycles. The summed E-state index contributed by atoms with van der Waals surface area (Å²) < 4.78 is 31.4. The summed E-state index contributed by atoms with van der Waals surface area (Å²) in [6, 6.07) is 23.8. The van der Waals surface area contributed by atoms with Gasteiger partial charge in [0.15, 0.2) is 0 Å². The molecular weight excluding hydrogens is 646 g/mol. The summed E-state index contributed by atoms with van der Waals surface area (Å²) in [7, 11) is 6.54. The van der Waals surface area contributed by atoms with Crippen molar-refractivity contribution in [1.29, 1.82) is 0 Å². The fourth-order valence-electron chi connectivity index (χ4n) is 7.94. The number of hydrogen-bond acceptors (Lipinski definition) is 9. The van der Waals surface area contributed by atoms with Crippen molar-refractivity contribution in [2.24, 2.45) is 5.41 Å². The van der Waals surface area contributed by atoms with Gasteiger partial charge in [0.25, 0.3) is 0 Å². The van der Waals surface area contributed by atoms with Crippen LogP contribution < -0.4 is 20.1 Å². The molecule has 2 fully saturated rings. The molecule has 4 aromatic rings. The van der Waals surface area contributed by atoms with Crippen molar-refractivity contribution in [3.8, 4) is 11.5 Å². The van der Waals surface area contributed by atoms with Gasteiger partial charge in [-0.25, -0.2) is 4.98 Å². The average Bonchev–Trinajstić information content (AvgIpc) is 3.68. The topological polar surface area (TPSA) is 108 Å². The van der Waals surface area contributed by atoms with Gasteiger partial charge >= 0.3 is 0 Å². The maximum absolute atomic E-state index is 14.3. The predicted molar refractivity (Wildman–Crippen MR) is 198 cm³/mol. The van der Waals surface area contributed by atoms with E-state index in [1.807, 2.05) is 49.4 Å². The molecule has 0 spiro atoms. The van der Waals surface area contributed by atoms with Crippen LogP contribution in [0.1, 0.15) is 43.7 Å². The number of hydrogen-bond donors (Lipinski definition) is 2. The van der Waals surface area contributed by atoms with Crippen LogP contribution in [0.25, 0.3) is 11.0 Å². The number of nitrogens with one attached hydrogen (secondary N) is 2. The van der Waals surface area contributed by atoms with Crippen LogP contribution in [-0.4, -0.2) is 93.7 Å². The van der Waals surface area contributed by atoms with E-state index in [0.29, 0.717) is 44.3 Å². The molecule has 0 aliphatic carbocycles. The second kappa shape index (κ2) is 16.5. The number of methoxy groups -OCH3 is 4. The minimum Gasteiger partial charge on any atom is -0.497 e. The zero-order valence-corrected chi connectivity index (χ0v) is 30.7. The van der Waals surface area contributed by atoms with E-state index in [9.17, 15) is 4.79 Å². The molecule has 274 valence electrons. The number of para-hydroxylation sites is 3. The molecule has 1 aromatic heterocycles. The largest absolute Gasteiger partial charge is 0.497 e. The van der Waals surface area contributed by atoms with Crippen molar-refractivity contribution >= 4 is 22.9 Å². The van der Waals surface area contributed by atoms with Gasteiger partial charge in [-0.1, -0.05) is 36.4 Å². The van der Waals surface area contributed by atoms with Crippen LogP contribution in [0.15, 0.2) is 72.8 Å². The van der Waals surface area contributed by atoms with E-state index in [0.717, 1.165) is 72.9 Å². The highest BCUT2D eigenvalue weighted by molar-refractivity contribution is 5.86. The summed E-state index contributed by atoms with van der Waals surface area (Å²) >= 11 is 0. The Hall–Kier alpha value is -4.16. The first-order valence-electron chi connectivity index (χ1n) is 18.1. The molecule has 1 amide bonds. The second-order valence-electron chi connectivity index (χ2n) is 13.6. The zero-order valence-electron chi connectivity index (χ0n) is 30.7. The van der Waals surface area contributed by atoms with E-state index in [1.165, 1.54) is 0 Å². The van der Waals surface area contributed by atoms with Crippen molar-refractivity contribution in [2.45, 2.75) is 63.4 Å². The number of fused-ring (bicyclic) bond motifs is 1. The summed E-state index contributed by atoms with van der Waals surface area (Å²) in [4.78, 5) is 21.7. The molecule has 3 aromatic carbocycles. The van der Waals surface area contributed by atoms with E-state index >= 15 is 0 Å². The van der Waals surface area contributed by atoms with Crippen LogP contribution in [0.2, 0.25) is 0 Å². The molecule has 11 heteroatoms. The summed E-state index contributed by atoms with van der Waals surface area (Å²) in [6.45, 7) is 6.77. The van der Waals surface area contributed by atoms with Crippen LogP contribution in [0, 0.1) is 5.41 Å². The summed E-state index contributed by atoms with van der Waals surface area (Å²) in [5.41, 5.74) is 3.25. The van der Waals surface area contributed by atoms with Crippen molar-refractivity contribution in [2.75, 3.05) is 66.6 Å². The van der Waals surface area contributed by atoms with Gasteiger partial charge in [0.05, 0.1) is 48.9 Å². The predicted octanol–water partition coefficient (Wildman–Crippen LogP) is 5.62. The normalized spacial score (nSPS) is 20.1. The first-order chi connectivity index (χ1) is 24.9. The Kier molecular flexibility index (Phi) is 11.8. The molecule has 11 nitrogen and oxygen atoms in total. The first-order valence-corrected chi connectivity index (χ1v) is 18.1. The summed E-state index contributed by atoms with van der Waals surface area (Å²) in [6.07, 6.45) is 3.79. The minimum absolute atomic E-state index is 0.0131. The highest BCUT2D eigenvalue weighted by Gasteiger charge is 2.56. The third-order valence-corrected chi connectivity index (χ3v) is 10.8. The molecule has 2 unspecified atom stereocenters. The Bertz CT molecular complexity index is 1730. The highest BCUT2D eigenvalue weighted by Crippen LogP contribution is 2.46. The van der Waals surface area contributed by atoms with Crippen LogP contribution in [0.3, 0.4) is 0 Å². The van der Waals surface area contributed by atoms with Crippen molar-refractivity contribution in [3.05, 3.63) is 83.9 Å². The van der Waals surface area contributed by atoms with Gasteiger partial charge < -0.3 is 43.8 Å². The number of carbonyl (C=O) groups excluding carboxylic acids is 1. The van der Waals surface area contributed by atoms with E-state index < -0.39 is 17.2 Å². The maximum atomic E-state index is 14.3. The Morgan fingerprint density at radius 2 is 1.65 bits per heavy atom. The number of piperidine rings is 1. The van der Waals surface area contributed by atoms with E-state index in [1.54, 1.807) is 28.4 Å². The molecule has 3 heterocycles. The van der Waals surface area contributed by atoms with E-state index in [2.05, 4.69) is 50.4 Å². The molecule has 2 atom stereocenters. The number of nitrogens with zero attached hydrogens (tertiary/aromatic N) is 3. The standard InChI is InChI=1S/C40H53N5O6/c1-6-51-26-25-45-34-13-9-8-12-33(34)42-38(45)41-30-19-22-44(23-20-30)24-21-39(27-29-15-17-31(47-2)18-16-29)28-36(43-37(39)46)40(49-4,50-5)32-11-7-10-14-35(32)48-3/h7-18,30,36H,6,19-28H2,1-5H3,(H,41,42)(H,43,46). The number of aromatic nitrogens is 2. The van der Waals surface area contributed by atoms with Crippen LogP contribution >= 0.6 is 0 Å². The molecular formula is C40H53N5O6. The molecule has 2 aliphatic rings. The van der Waals surface area contributed by atoms with Crippen molar-refractivity contribution in [3.63, 3.8) is 0 Å². The monoisotopic (exact) mass is 699 g/mol. The number of anilines is 1. The minimum atomic E-state index is -1.23. The zero-order chi connectivity index (χ0) is 35.8. The fraction of sp³-hybridized carbons (Fsp3) is 0.500. The maximum Gasteiger partial charge on any atom is 0.227 e. The lowest BCUT2D eigenvalue weighted by Crippen LogP contribution is -2.49. The van der Waals surface area contributed by atoms with Crippen molar-refractivity contribution < 1.29 is 28.5 Å². The molecule has 2 N–H and O–H groups in total. The molecule has 0 radical (unpaired) electrons. The van der Waals surface area contributed by atoms with E-state index in [4.69, 9.17) is 28.7 Å². The van der Waals surface area contributed by atoms with Crippen LogP contribution in [0.4, 0.5) is 5.95 Å². The third-order valence-electron chi connectivity index (χ3n) is 10.8. The highest BCUT2D eigenvalue weighted by atomic mass is 16.7. The molecule has 51 heavy (non-hydrogen) atoms. The number of amides is 1. The van der Waals surface area contributed by atoms with E-state index in [-0.39, 0.29) is 5.91 Å². The van der Waals surface area contributed by atoms with Gasteiger partial charge in [0.2, 0.25) is 17.6 Å². The number of carbonyl (C=O) groups is 1. The second-order valence-corrected chi connectivity index (χ2v) is 13.6.